The van der Waals surface area contributed by atoms with Crippen LogP contribution in [-0.4, -0.2) is 43.1 Å². The highest BCUT2D eigenvalue weighted by Crippen LogP contribution is 2.14. The minimum absolute atomic E-state index is 0. The van der Waals surface area contributed by atoms with E-state index in [1.807, 2.05) is 29.2 Å². The smallest absolute Gasteiger partial charge is 0.253 e. The zero-order valence-electron chi connectivity index (χ0n) is 11.6. The van der Waals surface area contributed by atoms with Gasteiger partial charge in [0.05, 0.1) is 7.11 Å². The molecule has 2 rings (SSSR count). The van der Waals surface area contributed by atoms with E-state index in [1.54, 1.807) is 7.11 Å². The van der Waals surface area contributed by atoms with E-state index in [-0.39, 0.29) is 18.3 Å². The van der Waals surface area contributed by atoms with Crippen LogP contribution in [0, 0.1) is 0 Å². The molecule has 1 saturated heterocycles. The molecule has 19 heavy (non-hydrogen) atoms. The highest BCUT2D eigenvalue weighted by atomic mass is 35.5. The summed E-state index contributed by atoms with van der Waals surface area (Å²) >= 11 is 0. The van der Waals surface area contributed by atoms with Crippen molar-refractivity contribution in [1.29, 1.82) is 0 Å². The monoisotopic (exact) mass is 284 g/mol. The van der Waals surface area contributed by atoms with Gasteiger partial charge in [0, 0.05) is 30.7 Å². The van der Waals surface area contributed by atoms with Gasteiger partial charge >= 0.3 is 0 Å². The van der Waals surface area contributed by atoms with Crippen molar-refractivity contribution >= 4 is 18.3 Å². The SMILES string of the molecule is COc1ccc(C(=O)N2CC(C)NC(C)C2)cc1.Cl. The zero-order chi connectivity index (χ0) is 13.1. The second-order valence-corrected chi connectivity index (χ2v) is 4.91. The fourth-order valence-corrected chi connectivity index (χ4v) is 2.41. The van der Waals surface area contributed by atoms with Gasteiger partial charge in [-0.15, -0.1) is 12.4 Å². The van der Waals surface area contributed by atoms with Crippen molar-refractivity contribution in [3.8, 4) is 5.75 Å². The van der Waals surface area contributed by atoms with E-state index >= 15 is 0 Å². The van der Waals surface area contributed by atoms with Gasteiger partial charge in [0.15, 0.2) is 0 Å². The topological polar surface area (TPSA) is 41.6 Å². The first-order chi connectivity index (χ1) is 8.60. The van der Waals surface area contributed by atoms with Crippen LogP contribution in [0.3, 0.4) is 0 Å². The molecule has 5 heteroatoms. The van der Waals surface area contributed by atoms with E-state index in [0.29, 0.717) is 12.1 Å². The van der Waals surface area contributed by atoms with Crippen molar-refractivity contribution < 1.29 is 9.53 Å². The minimum atomic E-state index is 0. The summed E-state index contributed by atoms with van der Waals surface area (Å²) in [7, 11) is 1.62. The molecule has 0 spiro atoms. The number of nitrogens with zero attached hydrogens (tertiary/aromatic N) is 1. The number of amides is 1. The normalized spacial score (nSPS) is 22.6. The Morgan fingerprint density at radius 3 is 2.21 bits per heavy atom. The van der Waals surface area contributed by atoms with Crippen LogP contribution in [-0.2, 0) is 0 Å². The third kappa shape index (κ3) is 3.85. The molecule has 1 N–H and O–H groups in total. The summed E-state index contributed by atoms with van der Waals surface area (Å²) in [6, 6.07) is 7.97. The quantitative estimate of drug-likeness (QED) is 0.902. The zero-order valence-corrected chi connectivity index (χ0v) is 12.4. The molecular weight excluding hydrogens is 264 g/mol. The summed E-state index contributed by atoms with van der Waals surface area (Å²) in [5.41, 5.74) is 0.720. The molecule has 0 bridgehead atoms. The summed E-state index contributed by atoms with van der Waals surface area (Å²) in [6.07, 6.45) is 0. The van der Waals surface area contributed by atoms with Crippen molar-refractivity contribution in [2.24, 2.45) is 0 Å². The number of rotatable bonds is 2. The lowest BCUT2D eigenvalue weighted by Gasteiger charge is -2.36. The fourth-order valence-electron chi connectivity index (χ4n) is 2.41. The van der Waals surface area contributed by atoms with E-state index in [4.69, 9.17) is 4.74 Å². The van der Waals surface area contributed by atoms with Crippen molar-refractivity contribution in [1.82, 2.24) is 10.2 Å². The van der Waals surface area contributed by atoms with E-state index in [2.05, 4.69) is 19.2 Å². The van der Waals surface area contributed by atoms with Gasteiger partial charge in [0.25, 0.3) is 5.91 Å². The number of ether oxygens (including phenoxy) is 1. The Morgan fingerprint density at radius 2 is 1.74 bits per heavy atom. The number of methoxy groups -OCH3 is 1. The van der Waals surface area contributed by atoms with Crippen LogP contribution in [0.4, 0.5) is 0 Å². The lowest BCUT2D eigenvalue weighted by Crippen LogP contribution is -2.55. The summed E-state index contributed by atoms with van der Waals surface area (Å²) in [6.45, 7) is 5.72. The molecule has 0 radical (unpaired) electrons. The van der Waals surface area contributed by atoms with Crippen molar-refractivity contribution in [2.75, 3.05) is 20.2 Å². The summed E-state index contributed by atoms with van der Waals surface area (Å²) in [5.74, 6) is 0.867. The molecule has 106 valence electrons. The molecule has 4 nitrogen and oxygen atoms in total. The van der Waals surface area contributed by atoms with Crippen LogP contribution in [0.5, 0.6) is 5.75 Å². The highest BCUT2D eigenvalue weighted by Gasteiger charge is 2.25. The lowest BCUT2D eigenvalue weighted by atomic mass is 10.1. The standard InChI is InChI=1S/C14H20N2O2.ClH/c1-10-8-16(9-11(2)15-10)14(17)12-4-6-13(18-3)7-5-12;/h4-7,10-11,15H,8-9H2,1-3H3;1H. The number of carbonyl (C=O) groups is 1. The van der Waals surface area contributed by atoms with Crippen LogP contribution in [0.1, 0.15) is 24.2 Å². The molecule has 0 saturated carbocycles. The number of piperazine rings is 1. The van der Waals surface area contributed by atoms with Crippen molar-refractivity contribution in [3.63, 3.8) is 0 Å². The van der Waals surface area contributed by atoms with Gasteiger partial charge in [-0.1, -0.05) is 0 Å². The molecule has 2 atom stereocenters. The average molecular weight is 285 g/mol. The average Bonchev–Trinajstić information content (AvgIpc) is 2.37. The van der Waals surface area contributed by atoms with Gasteiger partial charge in [0.2, 0.25) is 0 Å². The molecule has 1 fully saturated rings. The molecule has 1 amide bonds. The number of hydrogen-bond donors (Lipinski definition) is 1. The van der Waals surface area contributed by atoms with Crippen LogP contribution < -0.4 is 10.1 Å². The molecule has 0 aromatic heterocycles. The van der Waals surface area contributed by atoms with Crippen molar-refractivity contribution in [2.45, 2.75) is 25.9 Å². The van der Waals surface area contributed by atoms with Gasteiger partial charge in [-0.2, -0.15) is 0 Å². The maximum absolute atomic E-state index is 12.3. The Bertz CT molecular complexity index is 412. The molecule has 1 aliphatic heterocycles. The molecule has 0 aliphatic carbocycles. The van der Waals surface area contributed by atoms with Gasteiger partial charge < -0.3 is 15.0 Å². The number of benzene rings is 1. The first kappa shape index (κ1) is 15.8. The third-order valence-electron chi connectivity index (χ3n) is 3.18. The first-order valence-corrected chi connectivity index (χ1v) is 6.29. The van der Waals surface area contributed by atoms with Crippen LogP contribution in [0.2, 0.25) is 0 Å². The van der Waals surface area contributed by atoms with Gasteiger partial charge in [0.1, 0.15) is 5.75 Å². The molecule has 2 unspecified atom stereocenters. The molecule has 1 aromatic carbocycles. The number of nitrogens with one attached hydrogen (secondary N) is 1. The Morgan fingerprint density at radius 1 is 1.21 bits per heavy atom. The molecule has 1 aromatic rings. The van der Waals surface area contributed by atoms with Crippen LogP contribution >= 0.6 is 12.4 Å². The van der Waals surface area contributed by atoms with Gasteiger partial charge in [-0.3, -0.25) is 4.79 Å². The van der Waals surface area contributed by atoms with Crippen LogP contribution in [0.25, 0.3) is 0 Å². The highest BCUT2D eigenvalue weighted by molar-refractivity contribution is 5.94. The third-order valence-corrected chi connectivity index (χ3v) is 3.18. The Kier molecular flexibility index (Phi) is 5.63. The molecular formula is C14H21ClN2O2. The Balaban J connectivity index is 0.00000180. The molecule has 1 aliphatic rings. The summed E-state index contributed by atoms with van der Waals surface area (Å²) < 4.78 is 5.09. The number of carbonyl (C=O) groups excluding carboxylic acids is 1. The van der Waals surface area contributed by atoms with Crippen molar-refractivity contribution in [3.05, 3.63) is 29.8 Å². The second kappa shape index (κ2) is 6.78. The number of halogens is 1. The van der Waals surface area contributed by atoms with Gasteiger partial charge in [-0.25, -0.2) is 0 Å². The Hall–Kier alpha value is -1.26. The van der Waals surface area contributed by atoms with E-state index in [9.17, 15) is 4.79 Å². The maximum atomic E-state index is 12.3. The van der Waals surface area contributed by atoms with E-state index < -0.39 is 0 Å². The summed E-state index contributed by atoms with van der Waals surface area (Å²) in [4.78, 5) is 14.3. The first-order valence-electron chi connectivity index (χ1n) is 6.29. The number of hydrogen-bond acceptors (Lipinski definition) is 3. The maximum Gasteiger partial charge on any atom is 0.253 e. The Labute approximate surface area is 120 Å². The van der Waals surface area contributed by atoms with E-state index in [0.717, 1.165) is 24.4 Å². The second-order valence-electron chi connectivity index (χ2n) is 4.91. The molecule has 1 heterocycles. The largest absolute Gasteiger partial charge is 0.497 e. The predicted octanol–water partition coefficient (Wildman–Crippen LogP) is 1.94. The lowest BCUT2D eigenvalue weighted by molar-refractivity contribution is 0.0674. The van der Waals surface area contributed by atoms with Gasteiger partial charge in [-0.05, 0) is 38.1 Å². The fraction of sp³-hybridized carbons (Fsp3) is 0.500. The predicted molar refractivity (Wildman–Crippen MR) is 78.2 cm³/mol. The van der Waals surface area contributed by atoms with E-state index in [1.165, 1.54) is 0 Å². The minimum Gasteiger partial charge on any atom is -0.497 e. The summed E-state index contributed by atoms with van der Waals surface area (Å²) in [5, 5.41) is 3.42. The van der Waals surface area contributed by atoms with Crippen LogP contribution in [0.15, 0.2) is 24.3 Å².